The molecule has 1 amide bonds. The number of likely N-dealkylation sites (tertiary alicyclic amines) is 1. The zero-order chi connectivity index (χ0) is 19.1. The zero-order valence-corrected chi connectivity index (χ0v) is 15.3. The third kappa shape index (κ3) is 5.03. The molecule has 0 unspecified atom stereocenters. The molecule has 1 aromatic carbocycles. The van der Waals surface area contributed by atoms with Crippen molar-refractivity contribution < 1.29 is 19.1 Å². The van der Waals surface area contributed by atoms with Crippen molar-refractivity contribution in [1.29, 1.82) is 0 Å². The van der Waals surface area contributed by atoms with Crippen molar-refractivity contribution in [1.82, 2.24) is 14.9 Å². The van der Waals surface area contributed by atoms with Gasteiger partial charge in [0.1, 0.15) is 18.6 Å². The summed E-state index contributed by atoms with van der Waals surface area (Å²) in [7, 11) is 0. The van der Waals surface area contributed by atoms with Crippen molar-refractivity contribution >= 4 is 11.9 Å². The number of rotatable bonds is 6. The topological polar surface area (TPSA) is 81.6 Å². The largest absolute Gasteiger partial charge is 0.473 e. The Morgan fingerprint density at radius 2 is 1.89 bits per heavy atom. The van der Waals surface area contributed by atoms with Gasteiger partial charge in [0.25, 0.3) is 5.91 Å². The average molecular weight is 369 g/mol. The minimum atomic E-state index is -0.178. The molecule has 2 aromatic rings. The van der Waals surface area contributed by atoms with Crippen LogP contribution >= 0.6 is 0 Å². The lowest BCUT2D eigenvalue weighted by Crippen LogP contribution is -2.41. The van der Waals surface area contributed by atoms with Gasteiger partial charge in [0, 0.05) is 19.2 Å². The highest BCUT2D eigenvalue weighted by Gasteiger charge is 2.29. The molecule has 0 saturated carbocycles. The number of nitrogens with zero attached hydrogens (tertiary/aromatic N) is 3. The highest BCUT2D eigenvalue weighted by Crippen LogP contribution is 2.20. The third-order valence-corrected chi connectivity index (χ3v) is 4.49. The number of hydrogen-bond acceptors (Lipinski definition) is 6. The summed E-state index contributed by atoms with van der Waals surface area (Å²) < 4.78 is 10.7. The molecule has 0 spiro atoms. The fourth-order valence-electron chi connectivity index (χ4n) is 3.01. The Morgan fingerprint density at radius 3 is 2.59 bits per heavy atom. The minimum absolute atomic E-state index is 0.135. The van der Waals surface area contributed by atoms with Gasteiger partial charge in [-0.3, -0.25) is 9.59 Å². The van der Waals surface area contributed by atoms with Gasteiger partial charge < -0.3 is 14.4 Å². The SMILES string of the molecule is CCOC(=O)C1CCN(C(=O)c2cc(OCc3ccccc3)ncn2)CC1. The summed E-state index contributed by atoms with van der Waals surface area (Å²) in [6, 6.07) is 11.3. The van der Waals surface area contributed by atoms with E-state index in [2.05, 4.69) is 9.97 Å². The third-order valence-electron chi connectivity index (χ3n) is 4.49. The van der Waals surface area contributed by atoms with E-state index < -0.39 is 0 Å². The molecule has 1 aliphatic rings. The first-order valence-electron chi connectivity index (χ1n) is 9.12. The van der Waals surface area contributed by atoms with Crippen LogP contribution in [0, 0.1) is 5.92 Å². The number of carbonyl (C=O) groups is 2. The molecular weight excluding hydrogens is 346 g/mol. The van der Waals surface area contributed by atoms with E-state index in [1.807, 2.05) is 30.3 Å². The van der Waals surface area contributed by atoms with Crippen molar-refractivity contribution in [2.24, 2.45) is 5.92 Å². The van der Waals surface area contributed by atoms with E-state index in [4.69, 9.17) is 9.47 Å². The lowest BCUT2D eigenvalue weighted by molar-refractivity contribution is -0.149. The number of carbonyl (C=O) groups excluding carboxylic acids is 2. The first-order chi connectivity index (χ1) is 13.2. The van der Waals surface area contributed by atoms with Gasteiger partial charge in [-0.15, -0.1) is 0 Å². The fourth-order valence-corrected chi connectivity index (χ4v) is 3.01. The van der Waals surface area contributed by atoms with Gasteiger partial charge in [0.15, 0.2) is 0 Å². The average Bonchev–Trinajstić information content (AvgIpc) is 2.73. The standard InChI is InChI=1S/C20H23N3O4/c1-2-26-20(25)16-8-10-23(11-9-16)19(24)17-12-18(22-14-21-17)27-13-15-6-4-3-5-7-15/h3-7,12,14,16H,2,8-11,13H2,1H3. The van der Waals surface area contributed by atoms with E-state index in [-0.39, 0.29) is 17.8 Å². The summed E-state index contributed by atoms with van der Waals surface area (Å²) in [5, 5.41) is 0. The van der Waals surface area contributed by atoms with Crippen LogP contribution in [-0.2, 0) is 16.1 Å². The lowest BCUT2D eigenvalue weighted by atomic mass is 9.97. The number of piperidine rings is 1. The summed E-state index contributed by atoms with van der Waals surface area (Å²) in [5.74, 6) is -0.129. The molecule has 0 radical (unpaired) electrons. The zero-order valence-electron chi connectivity index (χ0n) is 15.3. The Hall–Kier alpha value is -2.96. The number of hydrogen-bond donors (Lipinski definition) is 0. The minimum Gasteiger partial charge on any atom is -0.473 e. The quantitative estimate of drug-likeness (QED) is 0.728. The summed E-state index contributed by atoms with van der Waals surface area (Å²) in [4.78, 5) is 34.4. The number of amides is 1. The van der Waals surface area contributed by atoms with Crippen LogP contribution in [-0.4, -0.2) is 46.4 Å². The monoisotopic (exact) mass is 369 g/mol. The van der Waals surface area contributed by atoms with Crippen LogP contribution in [0.25, 0.3) is 0 Å². The van der Waals surface area contributed by atoms with Crippen molar-refractivity contribution in [2.45, 2.75) is 26.4 Å². The highest BCUT2D eigenvalue weighted by atomic mass is 16.5. The van der Waals surface area contributed by atoms with E-state index >= 15 is 0 Å². The van der Waals surface area contributed by atoms with Gasteiger partial charge >= 0.3 is 5.97 Å². The van der Waals surface area contributed by atoms with Crippen LogP contribution in [0.15, 0.2) is 42.7 Å². The summed E-state index contributed by atoms with van der Waals surface area (Å²) in [5.41, 5.74) is 1.31. The van der Waals surface area contributed by atoms with E-state index in [9.17, 15) is 9.59 Å². The Labute approximate surface area is 158 Å². The molecule has 7 heteroatoms. The van der Waals surface area contributed by atoms with Crippen LogP contribution in [0.1, 0.15) is 35.8 Å². The molecule has 2 heterocycles. The fraction of sp³-hybridized carbons (Fsp3) is 0.400. The molecule has 0 aliphatic carbocycles. The van der Waals surface area contributed by atoms with E-state index in [1.54, 1.807) is 17.9 Å². The Morgan fingerprint density at radius 1 is 1.15 bits per heavy atom. The van der Waals surface area contributed by atoms with Crippen LogP contribution in [0.5, 0.6) is 5.88 Å². The summed E-state index contributed by atoms with van der Waals surface area (Å²) >= 11 is 0. The van der Waals surface area contributed by atoms with Crippen LogP contribution in [0.2, 0.25) is 0 Å². The molecule has 1 aliphatic heterocycles. The molecule has 0 atom stereocenters. The first kappa shape index (κ1) is 18.8. The second kappa shape index (κ2) is 9.12. The van der Waals surface area contributed by atoms with Crippen LogP contribution in [0.3, 0.4) is 0 Å². The molecule has 7 nitrogen and oxygen atoms in total. The second-order valence-electron chi connectivity index (χ2n) is 6.33. The maximum absolute atomic E-state index is 12.7. The number of ether oxygens (including phenoxy) is 2. The lowest BCUT2D eigenvalue weighted by Gasteiger charge is -2.30. The molecule has 0 bridgehead atoms. The molecular formula is C20H23N3O4. The van der Waals surface area contributed by atoms with E-state index in [0.29, 0.717) is 50.7 Å². The predicted molar refractivity (Wildman–Crippen MR) is 98.1 cm³/mol. The Kier molecular flexibility index (Phi) is 6.35. The highest BCUT2D eigenvalue weighted by molar-refractivity contribution is 5.92. The normalized spacial score (nSPS) is 14.6. The smallest absolute Gasteiger partial charge is 0.309 e. The number of esters is 1. The molecule has 1 aromatic heterocycles. The molecule has 142 valence electrons. The molecule has 1 fully saturated rings. The van der Waals surface area contributed by atoms with Crippen LogP contribution in [0.4, 0.5) is 0 Å². The Balaban J connectivity index is 1.57. The van der Waals surface area contributed by atoms with Gasteiger partial charge in [-0.05, 0) is 25.3 Å². The summed E-state index contributed by atoms with van der Waals surface area (Å²) in [6.07, 6.45) is 2.54. The maximum atomic E-state index is 12.7. The van der Waals surface area contributed by atoms with Crippen molar-refractivity contribution in [3.63, 3.8) is 0 Å². The Bertz CT molecular complexity index is 774. The van der Waals surface area contributed by atoms with E-state index in [1.165, 1.54) is 6.33 Å². The van der Waals surface area contributed by atoms with Gasteiger partial charge in [0.05, 0.1) is 12.5 Å². The molecule has 3 rings (SSSR count). The van der Waals surface area contributed by atoms with Crippen molar-refractivity contribution in [2.75, 3.05) is 19.7 Å². The van der Waals surface area contributed by atoms with Gasteiger partial charge in [-0.2, -0.15) is 0 Å². The van der Waals surface area contributed by atoms with Gasteiger partial charge in [0.2, 0.25) is 5.88 Å². The summed E-state index contributed by atoms with van der Waals surface area (Å²) in [6.45, 7) is 3.56. The molecule has 0 N–H and O–H groups in total. The van der Waals surface area contributed by atoms with Crippen molar-refractivity contribution in [3.05, 3.63) is 54.0 Å². The molecule has 27 heavy (non-hydrogen) atoms. The first-order valence-corrected chi connectivity index (χ1v) is 9.12. The van der Waals surface area contributed by atoms with E-state index in [0.717, 1.165) is 5.56 Å². The maximum Gasteiger partial charge on any atom is 0.309 e. The second-order valence-corrected chi connectivity index (χ2v) is 6.33. The number of benzene rings is 1. The van der Waals surface area contributed by atoms with Gasteiger partial charge in [-0.25, -0.2) is 9.97 Å². The van der Waals surface area contributed by atoms with Crippen molar-refractivity contribution in [3.8, 4) is 5.88 Å². The van der Waals surface area contributed by atoms with Gasteiger partial charge in [-0.1, -0.05) is 30.3 Å². The van der Waals surface area contributed by atoms with Crippen LogP contribution < -0.4 is 4.74 Å². The number of aromatic nitrogens is 2. The molecule has 1 saturated heterocycles. The predicted octanol–water partition coefficient (Wildman–Crippen LogP) is 2.47.